The molecule has 0 bridgehead atoms. The van der Waals surface area contributed by atoms with Crippen molar-refractivity contribution in [1.82, 2.24) is 24.7 Å². The molecule has 0 amide bonds. The van der Waals surface area contributed by atoms with Crippen LogP contribution >= 0.6 is 0 Å². The second kappa shape index (κ2) is 5.98. The van der Waals surface area contributed by atoms with E-state index >= 15 is 0 Å². The van der Waals surface area contributed by atoms with Crippen molar-refractivity contribution in [3.05, 3.63) is 36.4 Å². The van der Waals surface area contributed by atoms with Crippen molar-refractivity contribution in [1.29, 1.82) is 5.26 Å². The molecular weight excluding hydrogens is 304 g/mol. The zero-order valence-corrected chi connectivity index (χ0v) is 13.4. The number of nitrogens with one attached hydrogen (secondary N) is 1. The zero-order chi connectivity index (χ0) is 16.5. The molecule has 122 valence electrons. The van der Waals surface area contributed by atoms with Gasteiger partial charge in [0.15, 0.2) is 0 Å². The lowest BCUT2D eigenvalue weighted by Gasteiger charge is -2.22. The molecular formula is C17H18N6O. The highest BCUT2D eigenvalue weighted by Crippen LogP contribution is 2.30. The van der Waals surface area contributed by atoms with Crippen LogP contribution in [0.15, 0.2) is 30.9 Å². The van der Waals surface area contributed by atoms with Crippen molar-refractivity contribution in [2.75, 3.05) is 20.2 Å². The largest absolute Gasteiger partial charge is 0.494 e. The molecule has 4 heterocycles. The second-order valence-corrected chi connectivity index (χ2v) is 5.97. The lowest BCUT2D eigenvalue weighted by Crippen LogP contribution is -2.31. The number of aromatic nitrogens is 4. The maximum Gasteiger partial charge on any atom is 0.146 e. The SMILES string of the molecule is COc1cc(-c2cnn([C@@H]3CCCNC3)c2)cn2ncc(C#N)c12. The van der Waals surface area contributed by atoms with Gasteiger partial charge in [-0.05, 0) is 25.5 Å². The number of rotatable bonds is 3. The molecule has 0 unspecified atom stereocenters. The van der Waals surface area contributed by atoms with Gasteiger partial charge in [0.05, 0.1) is 25.5 Å². The summed E-state index contributed by atoms with van der Waals surface area (Å²) >= 11 is 0. The number of hydrogen-bond donors (Lipinski definition) is 1. The third kappa shape index (κ3) is 2.41. The molecule has 4 rings (SSSR count). The minimum Gasteiger partial charge on any atom is -0.494 e. The van der Waals surface area contributed by atoms with Crippen molar-refractivity contribution < 1.29 is 4.74 Å². The minimum atomic E-state index is 0.396. The summed E-state index contributed by atoms with van der Waals surface area (Å²) in [5, 5.41) is 21.4. The summed E-state index contributed by atoms with van der Waals surface area (Å²) in [4.78, 5) is 0. The van der Waals surface area contributed by atoms with Gasteiger partial charge in [-0.25, -0.2) is 4.52 Å². The number of pyridine rings is 1. The third-order valence-electron chi connectivity index (χ3n) is 4.50. The van der Waals surface area contributed by atoms with Crippen molar-refractivity contribution in [3.63, 3.8) is 0 Å². The molecule has 1 atom stereocenters. The van der Waals surface area contributed by atoms with E-state index in [9.17, 15) is 5.26 Å². The van der Waals surface area contributed by atoms with E-state index in [-0.39, 0.29) is 0 Å². The molecule has 24 heavy (non-hydrogen) atoms. The topological polar surface area (TPSA) is 80.2 Å². The van der Waals surface area contributed by atoms with Gasteiger partial charge < -0.3 is 10.1 Å². The Balaban J connectivity index is 1.74. The van der Waals surface area contributed by atoms with E-state index in [1.165, 1.54) is 6.42 Å². The second-order valence-electron chi connectivity index (χ2n) is 5.97. The van der Waals surface area contributed by atoms with Crippen LogP contribution in [-0.4, -0.2) is 39.6 Å². The van der Waals surface area contributed by atoms with Gasteiger partial charge in [-0.15, -0.1) is 0 Å². The summed E-state index contributed by atoms with van der Waals surface area (Å²) in [5.41, 5.74) is 3.16. The van der Waals surface area contributed by atoms with Crippen molar-refractivity contribution in [2.45, 2.75) is 18.9 Å². The van der Waals surface area contributed by atoms with E-state index in [1.807, 2.05) is 23.1 Å². The van der Waals surface area contributed by atoms with Gasteiger partial charge in [0.2, 0.25) is 0 Å². The fourth-order valence-electron chi connectivity index (χ4n) is 3.23. The van der Waals surface area contributed by atoms with Crippen LogP contribution in [0.25, 0.3) is 16.6 Å². The average Bonchev–Trinajstić information content (AvgIpc) is 3.28. The molecule has 1 aliphatic rings. The van der Waals surface area contributed by atoms with Crippen LogP contribution in [0.4, 0.5) is 0 Å². The number of hydrogen-bond acceptors (Lipinski definition) is 5. The van der Waals surface area contributed by atoms with Crippen LogP contribution in [-0.2, 0) is 0 Å². The Morgan fingerprint density at radius 1 is 1.29 bits per heavy atom. The van der Waals surface area contributed by atoms with Crippen LogP contribution in [0.1, 0.15) is 24.4 Å². The van der Waals surface area contributed by atoms with E-state index in [2.05, 4.69) is 27.8 Å². The number of ether oxygens (including phenoxy) is 1. The molecule has 1 N–H and O–H groups in total. The lowest BCUT2D eigenvalue weighted by atomic mass is 10.1. The van der Waals surface area contributed by atoms with E-state index in [1.54, 1.807) is 17.8 Å². The summed E-state index contributed by atoms with van der Waals surface area (Å²) < 4.78 is 9.18. The highest BCUT2D eigenvalue weighted by molar-refractivity contribution is 5.74. The van der Waals surface area contributed by atoms with Gasteiger partial charge in [-0.3, -0.25) is 4.68 Å². The van der Waals surface area contributed by atoms with E-state index in [4.69, 9.17) is 4.74 Å². The number of fused-ring (bicyclic) bond motifs is 1. The Bertz CT molecular complexity index is 913. The Labute approximate surface area is 139 Å². The van der Waals surface area contributed by atoms with Crippen LogP contribution in [0.5, 0.6) is 5.75 Å². The molecule has 3 aromatic rings. The summed E-state index contributed by atoms with van der Waals surface area (Å²) in [7, 11) is 1.60. The van der Waals surface area contributed by atoms with Crippen molar-refractivity contribution in [2.24, 2.45) is 0 Å². The fraction of sp³-hybridized carbons (Fsp3) is 0.353. The predicted octanol–water partition coefficient (Wildman–Crippen LogP) is 2.00. The van der Waals surface area contributed by atoms with Gasteiger partial charge in [0.1, 0.15) is 22.9 Å². The molecule has 0 radical (unpaired) electrons. The molecule has 7 heteroatoms. The maximum absolute atomic E-state index is 9.20. The van der Waals surface area contributed by atoms with Crippen molar-refractivity contribution in [3.8, 4) is 22.9 Å². The van der Waals surface area contributed by atoms with E-state index < -0.39 is 0 Å². The normalized spacial score (nSPS) is 17.8. The molecule has 1 aliphatic heterocycles. The number of nitriles is 1. The smallest absolute Gasteiger partial charge is 0.146 e. The Hall–Kier alpha value is -2.85. The van der Waals surface area contributed by atoms with Gasteiger partial charge in [0.25, 0.3) is 0 Å². The minimum absolute atomic E-state index is 0.396. The highest BCUT2D eigenvalue weighted by Gasteiger charge is 2.17. The Morgan fingerprint density at radius 3 is 2.96 bits per heavy atom. The molecule has 1 fully saturated rings. The lowest BCUT2D eigenvalue weighted by molar-refractivity contribution is 0.347. The van der Waals surface area contributed by atoms with E-state index in [0.29, 0.717) is 22.9 Å². The van der Waals surface area contributed by atoms with Crippen molar-refractivity contribution >= 4 is 5.52 Å². The van der Waals surface area contributed by atoms with Crippen LogP contribution in [0.2, 0.25) is 0 Å². The monoisotopic (exact) mass is 322 g/mol. The molecule has 3 aromatic heterocycles. The third-order valence-corrected chi connectivity index (χ3v) is 4.50. The molecule has 0 aromatic carbocycles. The molecule has 7 nitrogen and oxygen atoms in total. The Morgan fingerprint density at radius 2 is 2.21 bits per heavy atom. The summed E-state index contributed by atoms with van der Waals surface area (Å²) in [6, 6.07) is 4.47. The first kappa shape index (κ1) is 14.7. The van der Waals surface area contributed by atoms with Crippen LogP contribution in [0.3, 0.4) is 0 Å². The number of piperidine rings is 1. The standard InChI is InChI=1S/C17H18N6O/c1-24-16-5-12(10-23-17(16)13(6-18)7-21-23)14-8-20-22(11-14)15-3-2-4-19-9-15/h5,7-8,10-11,15,19H,2-4,9H2,1H3/t15-/m1/s1. The fourth-order valence-corrected chi connectivity index (χ4v) is 3.23. The molecule has 0 saturated carbocycles. The molecule has 0 aliphatic carbocycles. The van der Waals surface area contributed by atoms with Gasteiger partial charge in [0, 0.05) is 30.1 Å². The van der Waals surface area contributed by atoms with Crippen LogP contribution < -0.4 is 10.1 Å². The quantitative estimate of drug-likeness (QED) is 0.798. The van der Waals surface area contributed by atoms with E-state index in [0.717, 1.165) is 30.6 Å². The number of nitrogens with zero attached hydrogens (tertiary/aromatic N) is 5. The summed E-state index contributed by atoms with van der Waals surface area (Å²) in [6.45, 7) is 2.03. The summed E-state index contributed by atoms with van der Waals surface area (Å²) in [5.74, 6) is 0.633. The molecule has 0 spiro atoms. The van der Waals surface area contributed by atoms with Gasteiger partial charge >= 0.3 is 0 Å². The first-order valence-electron chi connectivity index (χ1n) is 8.01. The molecule has 1 saturated heterocycles. The maximum atomic E-state index is 9.20. The first-order chi connectivity index (χ1) is 11.8. The summed E-state index contributed by atoms with van der Waals surface area (Å²) in [6.07, 6.45) is 9.69. The van der Waals surface area contributed by atoms with Gasteiger partial charge in [-0.2, -0.15) is 15.5 Å². The zero-order valence-electron chi connectivity index (χ0n) is 13.4. The van der Waals surface area contributed by atoms with Crippen LogP contribution in [0, 0.1) is 11.3 Å². The van der Waals surface area contributed by atoms with Gasteiger partial charge in [-0.1, -0.05) is 0 Å². The first-order valence-corrected chi connectivity index (χ1v) is 8.01. The highest BCUT2D eigenvalue weighted by atomic mass is 16.5. The number of methoxy groups -OCH3 is 1. The predicted molar refractivity (Wildman–Crippen MR) is 88.8 cm³/mol. The average molecular weight is 322 g/mol. The Kier molecular flexibility index (Phi) is 3.67.